The minimum atomic E-state index is 0. The fourth-order valence-corrected chi connectivity index (χ4v) is 1.51. The third-order valence-electron chi connectivity index (χ3n) is 2.41. The van der Waals surface area contributed by atoms with Crippen LogP contribution in [0.15, 0.2) is 30.7 Å². The lowest BCUT2D eigenvalue weighted by Gasteiger charge is -2.27. The first-order chi connectivity index (χ1) is 6.92. The van der Waals surface area contributed by atoms with E-state index >= 15 is 0 Å². The predicted molar refractivity (Wildman–Crippen MR) is 59.7 cm³/mol. The van der Waals surface area contributed by atoms with Crippen molar-refractivity contribution in [2.75, 3.05) is 13.1 Å². The molecule has 5 heteroatoms. The largest absolute Gasteiger partial charge is 0.486 e. The lowest BCUT2D eigenvalue weighted by atomic mass is 10.2. The molecule has 0 unspecified atom stereocenters. The van der Waals surface area contributed by atoms with Crippen LogP contribution in [0, 0.1) is 0 Å². The Morgan fingerprint density at radius 1 is 1.40 bits per heavy atom. The van der Waals surface area contributed by atoms with Crippen LogP contribution < -0.4 is 10.1 Å². The molecule has 1 aliphatic heterocycles. The lowest BCUT2D eigenvalue weighted by Crippen LogP contribution is -2.50. The van der Waals surface area contributed by atoms with Crippen LogP contribution in [0.25, 0.3) is 5.65 Å². The number of ether oxygens (including phenoxy) is 1. The second kappa shape index (κ2) is 4.08. The first-order valence-electron chi connectivity index (χ1n) is 4.72. The molecule has 0 amide bonds. The highest BCUT2D eigenvalue weighted by Crippen LogP contribution is 2.14. The van der Waals surface area contributed by atoms with E-state index in [2.05, 4.69) is 10.3 Å². The van der Waals surface area contributed by atoms with Gasteiger partial charge >= 0.3 is 0 Å². The van der Waals surface area contributed by atoms with Gasteiger partial charge in [-0.25, -0.2) is 4.98 Å². The molecular weight excluding hydrogens is 214 g/mol. The summed E-state index contributed by atoms with van der Waals surface area (Å²) in [6.45, 7) is 1.89. The molecule has 0 bridgehead atoms. The summed E-state index contributed by atoms with van der Waals surface area (Å²) in [4.78, 5) is 4.17. The maximum atomic E-state index is 5.72. The maximum Gasteiger partial charge on any atom is 0.136 e. The summed E-state index contributed by atoms with van der Waals surface area (Å²) in [6, 6.07) is 3.92. The predicted octanol–water partition coefficient (Wildman–Crippen LogP) is 1.11. The zero-order valence-corrected chi connectivity index (χ0v) is 8.91. The molecule has 15 heavy (non-hydrogen) atoms. The Morgan fingerprint density at radius 3 is 3.00 bits per heavy atom. The zero-order valence-electron chi connectivity index (χ0n) is 8.09. The molecule has 1 saturated heterocycles. The minimum absolute atomic E-state index is 0. The van der Waals surface area contributed by atoms with Gasteiger partial charge in [-0.3, -0.25) is 0 Å². The molecule has 80 valence electrons. The van der Waals surface area contributed by atoms with Crippen LogP contribution in [0.2, 0.25) is 0 Å². The highest BCUT2D eigenvalue weighted by molar-refractivity contribution is 5.85. The van der Waals surface area contributed by atoms with Gasteiger partial charge in [-0.15, -0.1) is 12.4 Å². The molecule has 0 aliphatic carbocycles. The number of pyridine rings is 1. The fraction of sp³-hybridized carbons (Fsp3) is 0.300. The lowest BCUT2D eigenvalue weighted by molar-refractivity contribution is 0.141. The Hall–Kier alpha value is -1.26. The van der Waals surface area contributed by atoms with E-state index < -0.39 is 0 Å². The van der Waals surface area contributed by atoms with Crippen LogP contribution in [-0.2, 0) is 0 Å². The van der Waals surface area contributed by atoms with Crippen molar-refractivity contribution in [1.29, 1.82) is 0 Å². The molecule has 0 aromatic carbocycles. The molecule has 3 rings (SSSR count). The van der Waals surface area contributed by atoms with Crippen molar-refractivity contribution in [2.24, 2.45) is 0 Å². The van der Waals surface area contributed by atoms with E-state index in [4.69, 9.17) is 4.74 Å². The number of rotatable bonds is 2. The van der Waals surface area contributed by atoms with Crippen molar-refractivity contribution in [3.8, 4) is 5.75 Å². The summed E-state index contributed by atoms with van der Waals surface area (Å²) in [6.07, 6.45) is 5.99. The number of halogens is 1. The number of fused-ring (bicyclic) bond motifs is 1. The van der Waals surface area contributed by atoms with Gasteiger partial charge in [-0.05, 0) is 12.1 Å². The van der Waals surface area contributed by atoms with Crippen LogP contribution in [0.5, 0.6) is 5.75 Å². The van der Waals surface area contributed by atoms with Crippen molar-refractivity contribution in [2.45, 2.75) is 6.10 Å². The number of hydrogen-bond donors (Lipinski definition) is 1. The third-order valence-corrected chi connectivity index (χ3v) is 2.41. The van der Waals surface area contributed by atoms with Crippen molar-refractivity contribution in [3.63, 3.8) is 0 Å². The second-order valence-corrected chi connectivity index (χ2v) is 3.46. The first-order valence-corrected chi connectivity index (χ1v) is 4.72. The molecule has 1 N–H and O–H groups in total. The number of aromatic nitrogens is 2. The molecule has 0 spiro atoms. The Labute approximate surface area is 93.7 Å². The second-order valence-electron chi connectivity index (χ2n) is 3.46. The van der Waals surface area contributed by atoms with E-state index in [1.54, 1.807) is 6.20 Å². The number of nitrogens with one attached hydrogen (secondary N) is 1. The van der Waals surface area contributed by atoms with Crippen LogP contribution in [-0.4, -0.2) is 28.6 Å². The summed E-state index contributed by atoms with van der Waals surface area (Å²) in [5, 5.41) is 3.17. The Balaban J connectivity index is 0.000000853. The summed E-state index contributed by atoms with van der Waals surface area (Å²) in [5.41, 5.74) is 0.948. The molecule has 0 atom stereocenters. The van der Waals surface area contributed by atoms with Crippen LogP contribution >= 0.6 is 12.4 Å². The Kier molecular flexibility index (Phi) is 2.79. The molecule has 4 nitrogen and oxygen atoms in total. The summed E-state index contributed by atoms with van der Waals surface area (Å²) in [7, 11) is 0. The highest BCUT2D eigenvalue weighted by atomic mass is 35.5. The molecule has 2 aromatic heterocycles. The van der Waals surface area contributed by atoms with E-state index in [9.17, 15) is 0 Å². The summed E-state index contributed by atoms with van der Waals surface area (Å²) in [5.74, 6) is 0.905. The van der Waals surface area contributed by atoms with Crippen molar-refractivity contribution >= 4 is 18.1 Å². The zero-order chi connectivity index (χ0) is 9.38. The Bertz CT molecular complexity index is 453. The monoisotopic (exact) mass is 225 g/mol. The van der Waals surface area contributed by atoms with E-state index in [0.717, 1.165) is 24.5 Å². The average Bonchev–Trinajstić information content (AvgIpc) is 2.58. The van der Waals surface area contributed by atoms with Gasteiger partial charge in [0.25, 0.3) is 0 Å². The SMILES string of the molecule is Cl.c1cn2cc(OC3CNC3)ccc2n1. The van der Waals surface area contributed by atoms with Gasteiger partial charge in [0.1, 0.15) is 17.5 Å². The molecule has 1 aliphatic rings. The average molecular weight is 226 g/mol. The van der Waals surface area contributed by atoms with Gasteiger partial charge in [0.2, 0.25) is 0 Å². The molecule has 3 heterocycles. The van der Waals surface area contributed by atoms with Gasteiger partial charge in [0.05, 0.1) is 6.20 Å². The topological polar surface area (TPSA) is 38.6 Å². The molecule has 1 fully saturated rings. The van der Waals surface area contributed by atoms with Gasteiger partial charge in [-0.2, -0.15) is 0 Å². The third kappa shape index (κ3) is 1.91. The van der Waals surface area contributed by atoms with Gasteiger partial charge in [-0.1, -0.05) is 0 Å². The van der Waals surface area contributed by atoms with E-state index in [1.165, 1.54) is 0 Å². The van der Waals surface area contributed by atoms with E-state index in [0.29, 0.717) is 6.10 Å². The normalized spacial score (nSPS) is 15.7. The minimum Gasteiger partial charge on any atom is -0.486 e. The quantitative estimate of drug-likeness (QED) is 0.832. The van der Waals surface area contributed by atoms with Crippen molar-refractivity contribution in [3.05, 3.63) is 30.7 Å². The van der Waals surface area contributed by atoms with Gasteiger partial charge < -0.3 is 14.5 Å². The summed E-state index contributed by atoms with van der Waals surface area (Å²) < 4.78 is 7.68. The van der Waals surface area contributed by atoms with Crippen LogP contribution in [0.1, 0.15) is 0 Å². The number of imidazole rings is 1. The number of nitrogens with zero attached hydrogens (tertiary/aromatic N) is 2. The van der Waals surface area contributed by atoms with Crippen molar-refractivity contribution < 1.29 is 4.74 Å². The number of hydrogen-bond acceptors (Lipinski definition) is 3. The molecule has 0 radical (unpaired) electrons. The van der Waals surface area contributed by atoms with E-state index in [-0.39, 0.29) is 12.4 Å². The highest BCUT2D eigenvalue weighted by Gasteiger charge is 2.18. The standard InChI is InChI=1S/C10H11N3O.ClH/c1-2-10-12-3-4-13(10)7-8(1)14-9-5-11-6-9;/h1-4,7,9,11H,5-6H2;1H. The van der Waals surface area contributed by atoms with Crippen molar-refractivity contribution in [1.82, 2.24) is 14.7 Å². The molecular formula is C10H12ClN3O. The van der Waals surface area contributed by atoms with Crippen LogP contribution in [0.3, 0.4) is 0 Å². The van der Waals surface area contributed by atoms with Crippen LogP contribution in [0.4, 0.5) is 0 Å². The first kappa shape index (κ1) is 10.3. The Morgan fingerprint density at radius 2 is 2.27 bits per heavy atom. The molecule has 0 saturated carbocycles. The maximum absolute atomic E-state index is 5.72. The van der Waals surface area contributed by atoms with Gasteiger partial charge in [0, 0.05) is 25.5 Å². The smallest absolute Gasteiger partial charge is 0.136 e. The molecule has 2 aromatic rings. The summed E-state index contributed by atoms with van der Waals surface area (Å²) >= 11 is 0. The van der Waals surface area contributed by atoms with E-state index in [1.807, 2.05) is 28.9 Å². The fourth-order valence-electron chi connectivity index (χ4n) is 1.51. The van der Waals surface area contributed by atoms with Gasteiger partial charge in [0.15, 0.2) is 0 Å².